The number of carbonyl (C=O) groups excluding carboxylic acids is 1. The van der Waals surface area contributed by atoms with Gasteiger partial charge in [-0.3, -0.25) is 9.69 Å². The number of methoxy groups -OCH3 is 1. The Morgan fingerprint density at radius 3 is 2.89 bits per heavy atom. The van der Waals surface area contributed by atoms with Crippen molar-refractivity contribution in [3.8, 4) is 5.75 Å². The molecular weight excluding hydrogens is 473 g/mol. The SMILES string of the molecule is COCCOc1cc2ncnc(Nc3ccc(F)c(Cl)c3)c2cc1NC(=O)C=CC1CCCN1C. The second kappa shape index (κ2) is 11.4. The van der Waals surface area contributed by atoms with E-state index in [1.807, 2.05) is 13.1 Å². The van der Waals surface area contributed by atoms with Crippen LogP contribution in [-0.4, -0.2) is 60.7 Å². The highest BCUT2D eigenvalue weighted by molar-refractivity contribution is 6.31. The third-order valence-electron chi connectivity index (χ3n) is 5.77. The highest BCUT2D eigenvalue weighted by atomic mass is 35.5. The summed E-state index contributed by atoms with van der Waals surface area (Å²) in [5, 5.41) is 6.69. The molecule has 8 nitrogen and oxygen atoms in total. The number of ether oxygens (including phenoxy) is 2. The fourth-order valence-electron chi connectivity index (χ4n) is 3.90. The van der Waals surface area contributed by atoms with E-state index >= 15 is 0 Å². The number of anilines is 3. The molecule has 35 heavy (non-hydrogen) atoms. The van der Waals surface area contributed by atoms with Crippen molar-refractivity contribution in [2.24, 2.45) is 0 Å². The van der Waals surface area contributed by atoms with Gasteiger partial charge in [-0.25, -0.2) is 14.4 Å². The molecule has 1 aliphatic heterocycles. The molecule has 0 spiro atoms. The van der Waals surface area contributed by atoms with Crippen LogP contribution in [0, 0.1) is 5.82 Å². The van der Waals surface area contributed by atoms with Gasteiger partial charge in [-0.05, 0) is 50.7 Å². The number of benzene rings is 2. The number of aromatic nitrogens is 2. The van der Waals surface area contributed by atoms with E-state index < -0.39 is 5.82 Å². The first-order chi connectivity index (χ1) is 16.9. The monoisotopic (exact) mass is 499 g/mol. The minimum Gasteiger partial charge on any atom is -0.489 e. The Balaban J connectivity index is 1.64. The largest absolute Gasteiger partial charge is 0.489 e. The molecular formula is C25H27ClFN5O3. The normalized spacial score (nSPS) is 16.2. The molecule has 1 aromatic heterocycles. The molecule has 184 valence electrons. The highest BCUT2D eigenvalue weighted by Gasteiger charge is 2.18. The molecule has 1 atom stereocenters. The molecule has 0 bridgehead atoms. The summed E-state index contributed by atoms with van der Waals surface area (Å²) in [6.07, 6.45) is 7.03. The van der Waals surface area contributed by atoms with Crippen molar-refractivity contribution in [2.45, 2.75) is 18.9 Å². The Hall–Kier alpha value is -3.27. The lowest BCUT2D eigenvalue weighted by Gasteiger charge is -2.16. The maximum absolute atomic E-state index is 13.6. The maximum Gasteiger partial charge on any atom is 0.248 e. The molecule has 2 aromatic carbocycles. The molecule has 3 aromatic rings. The Bertz CT molecular complexity index is 1240. The molecule has 1 amide bonds. The van der Waals surface area contributed by atoms with Gasteiger partial charge < -0.3 is 20.1 Å². The highest BCUT2D eigenvalue weighted by Crippen LogP contribution is 2.34. The van der Waals surface area contributed by atoms with Crippen LogP contribution in [0.1, 0.15) is 12.8 Å². The Kier molecular flexibility index (Phi) is 8.12. The maximum atomic E-state index is 13.6. The van der Waals surface area contributed by atoms with Crippen molar-refractivity contribution in [1.29, 1.82) is 0 Å². The Morgan fingerprint density at radius 1 is 1.29 bits per heavy atom. The van der Waals surface area contributed by atoms with E-state index in [0.29, 0.717) is 47.1 Å². The number of likely N-dealkylation sites (tertiary alicyclic amines) is 1. The zero-order valence-corrected chi connectivity index (χ0v) is 20.3. The lowest BCUT2D eigenvalue weighted by Crippen LogP contribution is -2.23. The van der Waals surface area contributed by atoms with Crippen LogP contribution in [-0.2, 0) is 9.53 Å². The van der Waals surface area contributed by atoms with Gasteiger partial charge >= 0.3 is 0 Å². The lowest BCUT2D eigenvalue weighted by atomic mass is 10.1. The van der Waals surface area contributed by atoms with E-state index in [1.54, 1.807) is 31.4 Å². The zero-order valence-electron chi connectivity index (χ0n) is 19.6. The molecule has 2 N–H and O–H groups in total. The summed E-state index contributed by atoms with van der Waals surface area (Å²) in [6.45, 7) is 1.72. The van der Waals surface area contributed by atoms with E-state index in [-0.39, 0.29) is 17.0 Å². The topological polar surface area (TPSA) is 88.6 Å². The molecule has 1 unspecified atom stereocenters. The fraction of sp³-hybridized carbons (Fsp3) is 0.320. The predicted molar refractivity (Wildman–Crippen MR) is 135 cm³/mol. The molecule has 0 saturated carbocycles. The summed E-state index contributed by atoms with van der Waals surface area (Å²) in [5.74, 6) is 0.158. The first-order valence-corrected chi connectivity index (χ1v) is 11.6. The van der Waals surface area contributed by atoms with Gasteiger partial charge in [0.2, 0.25) is 5.91 Å². The summed E-state index contributed by atoms with van der Waals surface area (Å²) >= 11 is 5.92. The minimum atomic E-state index is -0.510. The van der Waals surface area contributed by atoms with E-state index in [9.17, 15) is 9.18 Å². The summed E-state index contributed by atoms with van der Waals surface area (Å²) in [4.78, 5) is 23.6. The van der Waals surface area contributed by atoms with Gasteiger partial charge in [0.15, 0.2) is 0 Å². The number of nitrogens with zero attached hydrogens (tertiary/aromatic N) is 3. The van der Waals surface area contributed by atoms with Gasteiger partial charge in [-0.2, -0.15) is 0 Å². The van der Waals surface area contributed by atoms with Gasteiger partial charge in [-0.15, -0.1) is 0 Å². The molecule has 10 heteroatoms. The molecule has 2 heterocycles. The third kappa shape index (κ3) is 6.25. The van der Waals surface area contributed by atoms with E-state index in [4.69, 9.17) is 21.1 Å². The average molecular weight is 500 g/mol. The van der Waals surface area contributed by atoms with Crippen molar-refractivity contribution in [1.82, 2.24) is 14.9 Å². The molecule has 1 aliphatic rings. The van der Waals surface area contributed by atoms with Crippen molar-refractivity contribution in [3.05, 3.63) is 59.7 Å². The van der Waals surface area contributed by atoms with Crippen LogP contribution in [0.4, 0.5) is 21.6 Å². The van der Waals surface area contributed by atoms with Gasteiger partial charge in [0, 0.05) is 36.4 Å². The van der Waals surface area contributed by atoms with Crippen LogP contribution < -0.4 is 15.4 Å². The Labute approximate surface area is 208 Å². The van der Waals surface area contributed by atoms with Crippen LogP contribution in [0.15, 0.2) is 48.8 Å². The van der Waals surface area contributed by atoms with Gasteiger partial charge in [0.25, 0.3) is 0 Å². The van der Waals surface area contributed by atoms with Gasteiger partial charge in [0.1, 0.15) is 30.3 Å². The summed E-state index contributed by atoms with van der Waals surface area (Å²) in [6, 6.07) is 8.04. The molecule has 1 fully saturated rings. The second-order valence-electron chi connectivity index (χ2n) is 8.22. The van der Waals surface area contributed by atoms with E-state index in [0.717, 1.165) is 19.4 Å². The summed E-state index contributed by atoms with van der Waals surface area (Å²) in [5.41, 5.74) is 1.63. The van der Waals surface area contributed by atoms with Gasteiger partial charge in [0.05, 0.1) is 22.8 Å². The van der Waals surface area contributed by atoms with Crippen LogP contribution in [0.5, 0.6) is 5.75 Å². The average Bonchev–Trinajstić information content (AvgIpc) is 3.25. The number of hydrogen-bond donors (Lipinski definition) is 2. The number of amides is 1. The van der Waals surface area contributed by atoms with Crippen molar-refractivity contribution < 1.29 is 18.7 Å². The number of halogens is 2. The van der Waals surface area contributed by atoms with E-state index in [2.05, 4.69) is 25.5 Å². The number of nitrogens with one attached hydrogen (secondary N) is 2. The minimum absolute atomic E-state index is 0.00478. The first kappa shape index (κ1) is 24.8. The number of fused-ring (bicyclic) bond motifs is 1. The number of hydrogen-bond acceptors (Lipinski definition) is 7. The molecule has 4 rings (SSSR count). The first-order valence-electron chi connectivity index (χ1n) is 11.3. The van der Waals surface area contributed by atoms with Crippen molar-refractivity contribution >= 4 is 45.6 Å². The molecule has 1 saturated heterocycles. The summed E-state index contributed by atoms with van der Waals surface area (Å²) in [7, 11) is 3.64. The van der Waals surface area contributed by atoms with Crippen molar-refractivity contribution in [2.75, 3.05) is 44.5 Å². The quantitative estimate of drug-likeness (QED) is 0.323. The number of carbonyl (C=O) groups is 1. The Morgan fingerprint density at radius 2 is 2.14 bits per heavy atom. The van der Waals surface area contributed by atoms with Crippen LogP contribution in [0.3, 0.4) is 0 Å². The van der Waals surface area contributed by atoms with Crippen LogP contribution in [0.25, 0.3) is 10.9 Å². The number of rotatable bonds is 9. The second-order valence-corrected chi connectivity index (χ2v) is 8.63. The molecule has 0 radical (unpaired) electrons. The van der Waals surface area contributed by atoms with Crippen molar-refractivity contribution in [3.63, 3.8) is 0 Å². The molecule has 0 aliphatic carbocycles. The van der Waals surface area contributed by atoms with E-state index in [1.165, 1.54) is 18.5 Å². The fourth-order valence-corrected chi connectivity index (χ4v) is 4.08. The number of likely N-dealkylation sites (N-methyl/N-ethyl adjacent to an activating group) is 1. The predicted octanol–water partition coefficient (Wildman–Crippen LogP) is 4.78. The zero-order chi connectivity index (χ0) is 24.8. The smallest absolute Gasteiger partial charge is 0.248 e. The van der Waals surface area contributed by atoms with Crippen LogP contribution in [0.2, 0.25) is 5.02 Å². The standard InChI is InChI=1S/C25H27ClFN5O3/c1-32-9-3-4-17(32)6-8-24(33)31-22-13-18-21(14-23(22)35-11-10-34-2)28-15-29-25(18)30-16-5-7-20(27)19(26)12-16/h5-8,12-15,17H,3-4,9-11H2,1-2H3,(H,31,33)(H,28,29,30). The van der Waals surface area contributed by atoms with Crippen LogP contribution >= 0.6 is 11.6 Å². The lowest BCUT2D eigenvalue weighted by molar-refractivity contribution is -0.112. The van der Waals surface area contributed by atoms with Gasteiger partial charge in [-0.1, -0.05) is 17.7 Å². The summed E-state index contributed by atoms with van der Waals surface area (Å²) < 4.78 is 24.5. The third-order valence-corrected chi connectivity index (χ3v) is 6.06.